The Labute approximate surface area is 216 Å². The molecule has 5 heterocycles. The van der Waals surface area contributed by atoms with Crippen LogP contribution in [-0.2, 0) is 41.4 Å². The number of benzene rings is 2. The van der Waals surface area contributed by atoms with Crippen LogP contribution in [0.15, 0.2) is 53.3 Å². The second-order valence-corrected chi connectivity index (χ2v) is 10.1. The van der Waals surface area contributed by atoms with Gasteiger partial charge < -0.3 is 19.1 Å². The van der Waals surface area contributed by atoms with Crippen molar-refractivity contribution in [2.75, 3.05) is 6.73 Å². The number of hydrogen-bond donors (Lipinski definition) is 1. The smallest absolute Gasteiger partial charge is 0.343 e. The van der Waals surface area contributed by atoms with Crippen LogP contribution in [0.5, 0.6) is 5.75 Å². The maximum atomic E-state index is 13.4. The summed E-state index contributed by atoms with van der Waals surface area (Å²) in [7, 11) is 0. The molecular weight excluding hydrogens is 489 g/mol. The van der Waals surface area contributed by atoms with Gasteiger partial charge in [0.25, 0.3) is 5.56 Å². The number of nitrogens with zero attached hydrogens (tertiary/aromatic N) is 3. The molecule has 1 N–H and O–H groups in total. The second-order valence-electron chi connectivity index (χ2n) is 10.1. The molecule has 38 heavy (non-hydrogen) atoms. The van der Waals surface area contributed by atoms with E-state index < -0.39 is 11.6 Å². The van der Waals surface area contributed by atoms with E-state index in [0.717, 1.165) is 33.3 Å². The topological polar surface area (TPSA) is 93.9 Å². The average Bonchev–Trinajstić information content (AvgIpc) is 3.29. The Bertz CT molecular complexity index is 1710. The van der Waals surface area contributed by atoms with E-state index in [1.165, 1.54) is 12.1 Å². The molecule has 0 bridgehead atoms. The summed E-state index contributed by atoms with van der Waals surface area (Å²) >= 11 is 0. The summed E-state index contributed by atoms with van der Waals surface area (Å²) in [4.78, 5) is 32.9. The third-order valence-corrected chi connectivity index (χ3v) is 7.86. The molecule has 3 aliphatic rings. The van der Waals surface area contributed by atoms with Crippen LogP contribution in [0.2, 0.25) is 0 Å². The van der Waals surface area contributed by atoms with E-state index in [2.05, 4.69) is 11.0 Å². The van der Waals surface area contributed by atoms with Gasteiger partial charge in [-0.15, -0.1) is 0 Å². The van der Waals surface area contributed by atoms with Gasteiger partial charge in [0.1, 0.15) is 24.9 Å². The molecule has 0 amide bonds. The molecule has 0 radical (unpaired) electrons. The fourth-order valence-corrected chi connectivity index (χ4v) is 5.77. The van der Waals surface area contributed by atoms with Crippen LogP contribution < -0.4 is 10.3 Å². The van der Waals surface area contributed by atoms with Crippen molar-refractivity contribution in [3.63, 3.8) is 0 Å². The molecule has 8 nitrogen and oxygen atoms in total. The van der Waals surface area contributed by atoms with Crippen molar-refractivity contribution in [1.29, 1.82) is 0 Å². The fourth-order valence-electron chi connectivity index (χ4n) is 5.77. The van der Waals surface area contributed by atoms with Crippen LogP contribution in [0.3, 0.4) is 0 Å². The Morgan fingerprint density at radius 1 is 1.05 bits per heavy atom. The van der Waals surface area contributed by atoms with E-state index in [0.29, 0.717) is 48.9 Å². The Morgan fingerprint density at radius 3 is 2.66 bits per heavy atom. The monoisotopic (exact) mass is 513 g/mol. The first-order valence-corrected chi connectivity index (χ1v) is 12.6. The van der Waals surface area contributed by atoms with Crippen molar-refractivity contribution in [3.05, 3.63) is 92.5 Å². The molecule has 2 aromatic heterocycles. The number of fused-ring (bicyclic) bond motifs is 7. The zero-order valence-corrected chi connectivity index (χ0v) is 20.7. The molecule has 192 valence electrons. The van der Waals surface area contributed by atoms with Crippen LogP contribution in [0, 0.1) is 5.82 Å². The van der Waals surface area contributed by atoms with Gasteiger partial charge >= 0.3 is 5.97 Å². The molecule has 4 aromatic rings. The SMILES string of the molecule is CC[C@@]1(O)C(=O)OCc2c1cc1n(c2=O)Cc2cc3c4c(ccc3nc2-1)OCN(Cc1ccc(F)cc1)C4. The molecule has 9 heteroatoms. The zero-order valence-electron chi connectivity index (χ0n) is 20.7. The summed E-state index contributed by atoms with van der Waals surface area (Å²) in [6.45, 7) is 3.53. The lowest BCUT2D eigenvalue weighted by atomic mass is 9.86. The molecule has 3 aliphatic heterocycles. The first-order valence-electron chi connectivity index (χ1n) is 12.6. The van der Waals surface area contributed by atoms with Gasteiger partial charge in [0.15, 0.2) is 5.60 Å². The quantitative estimate of drug-likeness (QED) is 0.369. The van der Waals surface area contributed by atoms with Gasteiger partial charge in [-0.1, -0.05) is 19.1 Å². The lowest BCUT2D eigenvalue weighted by Gasteiger charge is -2.31. The molecule has 0 spiro atoms. The van der Waals surface area contributed by atoms with Gasteiger partial charge in [-0.2, -0.15) is 0 Å². The van der Waals surface area contributed by atoms with Crippen LogP contribution >= 0.6 is 0 Å². The number of esters is 1. The number of hydrogen-bond acceptors (Lipinski definition) is 7. The zero-order chi connectivity index (χ0) is 26.2. The Morgan fingerprint density at radius 2 is 1.87 bits per heavy atom. The molecule has 0 saturated carbocycles. The van der Waals surface area contributed by atoms with Gasteiger partial charge in [-0.3, -0.25) is 9.69 Å². The maximum Gasteiger partial charge on any atom is 0.343 e. The predicted octanol–water partition coefficient (Wildman–Crippen LogP) is 3.57. The highest BCUT2D eigenvalue weighted by Crippen LogP contribution is 2.40. The van der Waals surface area contributed by atoms with Gasteiger partial charge in [-0.05, 0) is 48.4 Å². The van der Waals surface area contributed by atoms with Gasteiger partial charge in [0.2, 0.25) is 0 Å². The van der Waals surface area contributed by atoms with Crippen molar-refractivity contribution in [1.82, 2.24) is 14.5 Å². The summed E-state index contributed by atoms with van der Waals surface area (Å²) in [6, 6.07) is 14.0. The van der Waals surface area contributed by atoms with Gasteiger partial charge in [0, 0.05) is 35.2 Å². The minimum absolute atomic E-state index is 0.0975. The Kier molecular flexibility index (Phi) is 4.98. The largest absolute Gasteiger partial charge is 0.478 e. The number of aromatic nitrogens is 2. The van der Waals surface area contributed by atoms with Crippen molar-refractivity contribution in [2.45, 2.75) is 45.2 Å². The van der Waals surface area contributed by atoms with E-state index in [1.807, 2.05) is 12.1 Å². The number of carbonyl (C=O) groups excluding carboxylic acids is 1. The van der Waals surface area contributed by atoms with Crippen molar-refractivity contribution >= 4 is 16.9 Å². The van der Waals surface area contributed by atoms with Crippen LogP contribution in [0.1, 0.15) is 41.2 Å². The second kappa shape index (κ2) is 8.21. The van der Waals surface area contributed by atoms with Crippen LogP contribution in [0.25, 0.3) is 22.3 Å². The van der Waals surface area contributed by atoms with Gasteiger partial charge in [-0.25, -0.2) is 14.2 Å². The number of pyridine rings is 2. The molecule has 0 fully saturated rings. The van der Waals surface area contributed by atoms with E-state index in [4.69, 9.17) is 14.5 Å². The number of carbonyl (C=O) groups is 1. The molecule has 1 atom stereocenters. The number of halogens is 1. The van der Waals surface area contributed by atoms with Gasteiger partial charge in [0.05, 0.1) is 29.0 Å². The Balaban J connectivity index is 1.30. The van der Waals surface area contributed by atoms with Crippen molar-refractivity contribution in [2.24, 2.45) is 0 Å². The third kappa shape index (κ3) is 3.32. The highest BCUT2D eigenvalue weighted by molar-refractivity contribution is 5.89. The lowest BCUT2D eigenvalue weighted by molar-refractivity contribution is -0.172. The molecule has 0 saturated heterocycles. The Hall–Kier alpha value is -4.08. The maximum absolute atomic E-state index is 13.4. The van der Waals surface area contributed by atoms with E-state index in [1.54, 1.807) is 29.7 Å². The standard InChI is InChI=1S/C29H24FN3O5/c1-2-29(36)22-10-24-26-17(12-33(24)27(34)21(22)14-37-28(29)35)9-19-20-13-32(11-16-3-5-18(30)6-4-16)15-38-25(20)8-7-23(19)31-26/h3-10,36H,2,11-15H2,1H3/t29-/m0/s1. The summed E-state index contributed by atoms with van der Waals surface area (Å²) < 4.78 is 26.2. The van der Waals surface area contributed by atoms with E-state index in [9.17, 15) is 19.1 Å². The first kappa shape index (κ1) is 23.1. The minimum Gasteiger partial charge on any atom is -0.478 e. The first-order chi connectivity index (χ1) is 18.4. The highest BCUT2D eigenvalue weighted by atomic mass is 19.1. The highest BCUT2D eigenvalue weighted by Gasteiger charge is 2.45. The molecule has 0 unspecified atom stereocenters. The van der Waals surface area contributed by atoms with E-state index in [-0.39, 0.29) is 24.4 Å². The normalized spacial score (nSPS) is 19.8. The number of aliphatic hydroxyl groups is 1. The lowest BCUT2D eigenvalue weighted by Crippen LogP contribution is -2.44. The molecule has 7 rings (SSSR count). The molecule has 2 aromatic carbocycles. The number of rotatable bonds is 3. The summed E-state index contributed by atoms with van der Waals surface area (Å²) in [5, 5.41) is 12.0. The van der Waals surface area contributed by atoms with Crippen LogP contribution in [0.4, 0.5) is 4.39 Å². The number of cyclic esters (lactones) is 1. The third-order valence-electron chi connectivity index (χ3n) is 7.86. The van der Waals surface area contributed by atoms with Crippen LogP contribution in [-0.4, -0.2) is 32.3 Å². The summed E-state index contributed by atoms with van der Waals surface area (Å²) in [6.07, 6.45) is 0.0975. The van der Waals surface area contributed by atoms with Crippen molar-refractivity contribution < 1.29 is 23.8 Å². The van der Waals surface area contributed by atoms with E-state index >= 15 is 0 Å². The average molecular weight is 514 g/mol. The number of ether oxygens (including phenoxy) is 2. The summed E-state index contributed by atoms with van der Waals surface area (Å²) in [5.74, 6) is -0.209. The minimum atomic E-state index is -1.85. The molecule has 0 aliphatic carbocycles. The fraction of sp³-hybridized carbons (Fsp3) is 0.276. The predicted molar refractivity (Wildman–Crippen MR) is 136 cm³/mol. The van der Waals surface area contributed by atoms with Crippen molar-refractivity contribution in [3.8, 4) is 17.1 Å². The molecular formula is C29H24FN3O5. The summed E-state index contributed by atoms with van der Waals surface area (Å²) in [5.41, 5.74) is 3.36.